The lowest BCUT2D eigenvalue weighted by atomic mass is 9.94. The van der Waals surface area contributed by atoms with Crippen molar-refractivity contribution in [2.45, 2.75) is 19.4 Å². The van der Waals surface area contributed by atoms with Crippen molar-refractivity contribution >= 4 is 5.91 Å². The van der Waals surface area contributed by atoms with Crippen LogP contribution >= 0.6 is 0 Å². The summed E-state index contributed by atoms with van der Waals surface area (Å²) < 4.78 is 12.9. The summed E-state index contributed by atoms with van der Waals surface area (Å²) in [6, 6.07) is 12.0. The highest BCUT2D eigenvalue weighted by Gasteiger charge is 2.23. The minimum absolute atomic E-state index is 0.111. The van der Waals surface area contributed by atoms with E-state index in [1.807, 2.05) is 13.8 Å². The highest BCUT2D eigenvalue weighted by atomic mass is 19.1. The summed E-state index contributed by atoms with van der Waals surface area (Å²) in [4.78, 5) is 12.1. The number of nitrogens with one attached hydrogen (secondary N) is 1. The van der Waals surface area contributed by atoms with E-state index in [-0.39, 0.29) is 17.5 Å². The van der Waals surface area contributed by atoms with Crippen LogP contribution < -0.4 is 5.32 Å². The molecule has 0 bridgehead atoms. The normalized spacial score (nSPS) is 11.2. The molecule has 4 heteroatoms. The summed E-state index contributed by atoms with van der Waals surface area (Å²) in [6.07, 6.45) is 0. The molecule has 0 spiro atoms. The van der Waals surface area contributed by atoms with Crippen LogP contribution in [0.5, 0.6) is 5.75 Å². The number of amides is 1. The molecule has 0 radical (unpaired) electrons. The SMILES string of the molecule is CC(C)(NC(=O)c1ccc(O)cc1)c1ccc(F)cc1. The van der Waals surface area contributed by atoms with Gasteiger partial charge in [0.15, 0.2) is 0 Å². The number of aromatic hydroxyl groups is 1. The van der Waals surface area contributed by atoms with Crippen LogP contribution in [0.2, 0.25) is 0 Å². The number of carbonyl (C=O) groups excluding carboxylic acids is 1. The summed E-state index contributed by atoms with van der Waals surface area (Å²) in [5, 5.41) is 12.1. The molecule has 3 nitrogen and oxygen atoms in total. The zero-order valence-corrected chi connectivity index (χ0v) is 11.4. The largest absolute Gasteiger partial charge is 0.508 e. The van der Waals surface area contributed by atoms with Gasteiger partial charge in [-0.2, -0.15) is 0 Å². The third kappa shape index (κ3) is 3.15. The van der Waals surface area contributed by atoms with Crippen LogP contribution in [-0.2, 0) is 5.54 Å². The lowest BCUT2D eigenvalue weighted by Gasteiger charge is -2.27. The number of benzene rings is 2. The van der Waals surface area contributed by atoms with E-state index in [0.29, 0.717) is 5.56 Å². The summed E-state index contributed by atoms with van der Waals surface area (Å²) >= 11 is 0. The van der Waals surface area contributed by atoms with Crippen LogP contribution in [0.15, 0.2) is 48.5 Å². The molecule has 2 rings (SSSR count). The Morgan fingerprint density at radius 2 is 1.60 bits per heavy atom. The zero-order valence-electron chi connectivity index (χ0n) is 11.4. The van der Waals surface area contributed by atoms with Crippen LogP contribution in [0.25, 0.3) is 0 Å². The zero-order chi connectivity index (χ0) is 14.8. The second kappa shape index (κ2) is 5.33. The predicted molar refractivity (Wildman–Crippen MR) is 75.0 cm³/mol. The van der Waals surface area contributed by atoms with Crippen molar-refractivity contribution in [3.05, 3.63) is 65.5 Å². The molecular weight excluding hydrogens is 257 g/mol. The maximum Gasteiger partial charge on any atom is 0.251 e. The van der Waals surface area contributed by atoms with Gasteiger partial charge in [0.05, 0.1) is 5.54 Å². The molecule has 0 aromatic heterocycles. The fourth-order valence-corrected chi connectivity index (χ4v) is 1.91. The smallest absolute Gasteiger partial charge is 0.251 e. The van der Waals surface area contributed by atoms with Gasteiger partial charge in [-0.05, 0) is 55.8 Å². The minimum Gasteiger partial charge on any atom is -0.508 e. The highest BCUT2D eigenvalue weighted by molar-refractivity contribution is 5.94. The van der Waals surface area contributed by atoms with Crippen molar-refractivity contribution < 1.29 is 14.3 Å². The molecule has 0 saturated carbocycles. The molecule has 0 aliphatic heterocycles. The maximum absolute atomic E-state index is 12.9. The number of hydrogen-bond donors (Lipinski definition) is 2. The van der Waals surface area contributed by atoms with Gasteiger partial charge in [0.25, 0.3) is 5.91 Å². The first kappa shape index (κ1) is 14.1. The molecule has 0 unspecified atom stereocenters. The monoisotopic (exact) mass is 273 g/mol. The Balaban J connectivity index is 2.17. The Labute approximate surface area is 117 Å². The van der Waals surface area contributed by atoms with E-state index in [1.54, 1.807) is 24.3 Å². The molecule has 0 heterocycles. The van der Waals surface area contributed by atoms with Crippen molar-refractivity contribution in [3.63, 3.8) is 0 Å². The van der Waals surface area contributed by atoms with Gasteiger partial charge in [0.2, 0.25) is 0 Å². The molecule has 2 aromatic rings. The highest BCUT2D eigenvalue weighted by Crippen LogP contribution is 2.21. The molecule has 0 aliphatic rings. The first-order valence-electron chi connectivity index (χ1n) is 6.26. The number of phenols is 1. The third-order valence-corrected chi connectivity index (χ3v) is 3.12. The summed E-state index contributed by atoms with van der Waals surface area (Å²) in [5.41, 5.74) is 0.645. The van der Waals surface area contributed by atoms with Gasteiger partial charge in [0, 0.05) is 5.56 Å². The van der Waals surface area contributed by atoms with E-state index in [2.05, 4.69) is 5.32 Å². The Hall–Kier alpha value is -2.36. The molecule has 104 valence electrons. The lowest BCUT2D eigenvalue weighted by Crippen LogP contribution is -2.40. The standard InChI is InChI=1S/C16H16FNO2/c1-16(2,12-5-7-13(17)8-6-12)18-15(20)11-3-9-14(19)10-4-11/h3-10,19H,1-2H3,(H,18,20). The summed E-state index contributed by atoms with van der Waals surface area (Å²) in [6.45, 7) is 3.69. The Bertz CT molecular complexity index is 603. The number of rotatable bonds is 3. The van der Waals surface area contributed by atoms with Gasteiger partial charge >= 0.3 is 0 Å². The lowest BCUT2D eigenvalue weighted by molar-refractivity contribution is 0.0912. The van der Waals surface area contributed by atoms with E-state index in [1.165, 1.54) is 24.3 Å². The second-order valence-electron chi connectivity index (χ2n) is 5.13. The number of carbonyl (C=O) groups is 1. The Morgan fingerprint density at radius 3 is 2.15 bits per heavy atom. The molecule has 0 saturated heterocycles. The molecule has 0 atom stereocenters. The predicted octanol–water partition coefficient (Wildman–Crippen LogP) is 3.20. The van der Waals surface area contributed by atoms with E-state index >= 15 is 0 Å². The van der Waals surface area contributed by atoms with Gasteiger partial charge in [-0.15, -0.1) is 0 Å². The number of phenolic OH excluding ortho intramolecular Hbond substituents is 1. The molecule has 1 amide bonds. The number of halogens is 1. The average Bonchev–Trinajstić information content (AvgIpc) is 2.39. The van der Waals surface area contributed by atoms with Gasteiger partial charge in [-0.1, -0.05) is 12.1 Å². The number of hydrogen-bond acceptors (Lipinski definition) is 2. The van der Waals surface area contributed by atoms with Crippen LogP contribution in [-0.4, -0.2) is 11.0 Å². The molecule has 2 aromatic carbocycles. The minimum atomic E-state index is -0.622. The first-order valence-corrected chi connectivity index (χ1v) is 6.26. The molecule has 20 heavy (non-hydrogen) atoms. The quantitative estimate of drug-likeness (QED) is 0.902. The van der Waals surface area contributed by atoms with Gasteiger partial charge in [-0.3, -0.25) is 4.79 Å². The summed E-state index contributed by atoms with van der Waals surface area (Å²) in [5.74, 6) is -0.451. The van der Waals surface area contributed by atoms with Crippen molar-refractivity contribution in [2.75, 3.05) is 0 Å². The van der Waals surface area contributed by atoms with Crippen LogP contribution in [0.1, 0.15) is 29.8 Å². The van der Waals surface area contributed by atoms with Crippen LogP contribution in [0, 0.1) is 5.82 Å². The average molecular weight is 273 g/mol. The molecular formula is C16H16FNO2. The van der Waals surface area contributed by atoms with E-state index < -0.39 is 5.54 Å². The fraction of sp³-hybridized carbons (Fsp3) is 0.188. The molecule has 0 aliphatic carbocycles. The van der Waals surface area contributed by atoms with E-state index in [4.69, 9.17) is 0 Å². The van der Waals surface area contributed by atoms with Gasteiger partial charge in [-0.25, -0.2) is 4.39 Å². The second-order valence-corrected chi connectivity index (χ2v) is 5.13. The summed E-state index contributed by atoms with van der Waals surface area (Å²) in [7, 11) is 0. The van der Waals surface area contributed by atoms with E-state index in [0.717, 1.165) is 5.56 Å². The van der Waals surface area contributed by atoms with Gasteiger partial charge in [0.1, 0.15) is 11.6 Å². The van der Waals surface area contributed by atoms with Crippen molar-refractivity contribution in [2.24, 2.45) is 0 Å². The van der Waals surface area contributed by atoms with Crippen LogP contribution in [0.4, 0.5) is 4.39 Å². The third-order valence-electron chi connectivity index (χ3n) is 3.12. The Morgan fingerprint density at radius 1 is 1.05 bits per heavy atom. The van der Waals surface area contributed by atoms with Gasteiger partial charge < -0.3 is 10.4 Å². The van der Waals surface area contributed by atoms with Crippen LogP contribution in [0.3, 0.4) is 0 Å². The van der Waals surface area contributed by atoms with Crippen molar-refractivity contribution in [3.8, 4) is 5.75 Å². The maximum atomic E-state index is 12.9. The van der Waals surface area contributed by atoms with E-state index in [9.17, 15) is 14.3 Å². The van der Waals surface area contributed by atoms with Crippen molar-refractivity contribution in [1.82, 2.24) is 5.32 Å². The first-order chi connectivity index (χ1) is 9.38. The topological polar surface area (TPSA) is 49.3 Å². The Kier molecular flexibility index (Phi) is 3.74. The molecule has 0 fully saturated rings. The van der Waals surface area contributed by atoms with Crippen molar-refractivity contribution in [1.29, 1.82) is 0 Å². The molecule has 2 N–H and O–H groups in total. The fourth-order valence-electron chi connectivity index (χ4n) is 1.91.